The SMILES string of the molecule is CON=C(C(=O)N[C@@H]1C(=O)N2C(C(=O)OCc3ccccc3)C(O)CS[C@H]12)c1csc(NC(=O)OC(C)(C)C)n1. The van der Waals surface area contributed by atoms with Crippen molar-refractivity contribution < 1.29 is 38.6 Å². The summed E-state index contributed by atoms with van der Waals surface area (Å²) < 4.78 is 10.6. The van der Waals surface area contributed by atoms with E-state index >= 15 is 0 Å². The van der Waals surface area contributed by atoms with E-state index in [0.717, 1.165) is 16.9 Å². The lowest BCUT2D eigenvalue weighted by molar-refractivity contribution is -0.171. The standard InChI is InChI=1S/C25H29N5O8S2/c1-25(2,3)38-24(35)28-23-26-14(11-40-23)16(29-36-4)19(32)27-17-20(33)30-18(15(31)12-39-21(17)30)22(34)37-10-13-8-6-5-7-9-13/h5-9,11,15,17-18,21,31H,10,12H2,1-4H3,(H,27,32)(H,26,28,35)/t15?,17-,18?,21-/m1/s1. The smallest absolute Gasteiger partial charge is 0.413 e. The highest BCUT2D eigenvalue weighted by molar-refractivity contribution is 8.00. The Morgan fingerprint density at radius 1 is 1.23 bits per heavy atom. The Bertz CT molecular complexity index is 1300. The van der Waals surface area contributed by atoms with E-state index in [1.165, 1.54) is 29.2 Å². The fourth-order valence-corrected chi connectivity index (χ4v) is 6.02. The lowest BCUT2D eigenvalue weighted by atomic mass is 9.99. The number of nitrogens with zero attached hydrogens (tertiary/aromatic N) is 3. The number of amides is 3. The monoisotopic (exact) mass is 591 g/mol. The number of carbonyl (C=O) groups is 4. The van der Waals surface area contributed by atoms with Crippen LogP contribution in [0.3, 0.4) is 0 Å². The van der Waals surface area contributed by atoms with Gasteiger partial charge in [-0.2, -0.15) is 0 Å². The summed E-state index contributed by atoms with van der Waals surface area (Å²) in [5.74, 6) is -1.86. The van der Waals surface area contributed by atoms with Gasteiger partial charge in [-0.3, -0.25) is 14.9 Å². The predicted molar refractivity (Wildman–Crippen MR) is 147 cm³/mol. The third kappa shape index (κ3) is 6.71. The predicted octanol–water partition coefficient (Wildman–Crippen LogP) is 1.71. The summed E-state index contributed by atoms with van der Waals surface area (Å²) >= 11 is 2.27. The molecule has 3 N–H and O–H groups in total. The van der Waals surface area contributed by atoms with Gasteiger partial charge in [-0.1, -0.05) is 35.5 Å². The third-order valence-corrected chi connectivity index (χ3v) is 7.82. The molecule has 214 valence electrons. The average Bonchev–Trinajstić information content (AvgIpc) is 3.35. The van der Waals surface area contributed by atoms with Crippen LogP contribution >= 0.6 is 23.1 Å². The molecule has 40 heavy (non-hydrogen) atoms. The summed E-state index contributed by atoms with van der Waals surface area (Å²) in [4.78, 5) is 61.3. The topological polar surface area (TPSA) is 169 Å². The van der Waals surface area contributed by atoms with Gasteiger partial charge in [0.2, 0.25) is 5.91 Å². The van der Waals surface area contributed by atoms with E-state index in [-0.39, 0.29) is 28.9 Å². The van der Waals surface area contributed by atoms with Gasteiger partial charge in [-0.05, 0) is 26.3 Å². The molecule has 1 aromatic heterocycles. The van der Waals surface area contributed by atoms with Gasteiger partial charge >= 0.3 is 12.1 Å². The van der Waals surface area contributed by atoms with Gasteiger partial charge in [0.1, 0.15) is 36.4 Å². The summed E-state index contributed by atoms with van der Waals surface area (Å²) in [6.07, 6.45) is -1.83. The molecule has 1 aromatic carbocycles. The molecular formula is C25H29N5O8S2. The summed E-state index contributed by atoms with van der Waals surface area (Å²) in [6.45, 7) is 5.16. The van der Waals surface area contributed by atoms with Crippen LogP contribution in [0.5, 0.6) is 0 Å². The van der Waals surface area contributed by atoms with E-state index in [4.69, 9.17) is 14.3 Å². The number of hydrogen-bond acceptors (Lipinski definition) is 12. The molecule has 0 spiro atoms. The van der Waals surface area contributed by atoms with Crippen molar-refractivity contribution in [3.63, 3.8) is 0 Å². The number of oxime groups is 1. The van der Waals surface area contributed by atoms with Gasteiger partial charge in [0.25, 0.3) is 5.91 Å². The van der Waals surface area contributed by atoms with Crippen LogP contribution in [0.15, 0.2) is 40.9 Å². The molecule has 2 aliphatic rings. The third-order valence-electron chi connectivity index (χ3n) is 5.69. The van der Waals surface area contributed by atoms with Crippen LogP contribution < -0.4 is 10.6 Å². The highest BCUT2D eigenvalue weighted by Crippen LogP contribution is 2.38. The summed E-state index contributed by atoms with van der Waals surface area (Å²) in [6, 6.07) is 6.87. The van der Waals surface area contributed by atoms with E-state index in [0.29, 0.717) is 0 Å². The van der Waals surface area contributed by atoms with Crippen molar-refractivity contribution in [2.45, 2.75) is 56.5 Å². The summed E-state index contributed by atoms with van der Waals surface area (Å²) in [5.41, 5.74) is -0.0561. The van der Waals surface area contributed by atoms with Crippen molar-refractivity contribution >= 4 is 57.8 Å². The Morgan fingerprint density at radius 3 is 2.62 bits per heavy atom. The molecule has 3 heterocycles. The fourth-order valence-electron chi connectivity index (χ4n) is 3.99. The number of aliphatic hydroxyl groups is 1. The maximum absolute atomic E-state index is 13.1. The molecule has 2 fully saturated rings. The molecule has 4 rings (SSSR count). The number of thiazole rings is 1. The molecule has 2 aliphatic heterocycles. The number of aliphatic hydroxyl groups excluding tert-OH is 1. The summed E-state index contributed by atoms with van der Waals surface area (Å²) in [7, 11) is 1.25. The molecule has 2 aromatic rings. The van der Waals surface area contributed by atoms with Crippen LogP contribution in [-0.2, 0) is 35.3 Å². The Kier molecular flexibility index (Phi) is 8.95. The number of fused-ring (bicyclic) bond motifs is 1. The van der Waals surface area contributed by atoms with Crippen molar-refractivity contribution in [3.8, 4) is 0 Å². The second-order valence-electron chi connectivity index (χ2n) is 9.81. The van der Waals surface area contributed by atoms with E-state index in [2.05, 4.69) is 20.8 Å². The van der Waals surface area contributed by atoms with Crippen molar-refractivity contribution in [2.24, 2.45) is 5.16 Å². The zero-order chi connectivity index (χ0) is 29.0. The first-order chi connectivity index (χ1) is 19.0. The molecule has 15 heteroatoms. The number of hydrogen-bond donors (Lipinski definition) is 3. The minimum atomic E-state index is -1.19. The van der Waals surface area contributed by atoms with E-state index < -0.39 is 53.0 Å². The number of ether oxygens (including phenoxy) is 2. The maximum Gasteiger partial charge on any atom is 0.413 e. The van der Waals surface area contributed by atoms with Crippen molar-refractivity contribution in [1.82, 2.24) is 15.2 Å². The quantitative estimate of drug-likeness (QED) is 0.178. The minimum absolute atomic E-state index is 0.00183. The van der Waals surface area contributed by atoms with Crippen molar-refractivity contribution in [3.05, 3.63) is 47.0 Å². The molecule has 2 saturated heterocycles. The second-order valence-corrected chi connectivity index (χ2v) is 11.8. The van der Waals surface area contributed by atoms with Gasteiger partial charge in [0.05, 0.1) is 6.10 Å². The maximum atomic E-state index is 13.1. The number of carbonyl (C=O) groups excluding carboxylic acids is 4. The first kappa shape index (κ1) is 29.3. The number of β-lactam (4-membered cyclic amide) rings is 1. The average molecular weight is 592 g/mol. The fraction of sp³-hybridized carbons (Fsp3) is 0.440. The van der Waals surface area contributed by atoms with Crippen LogP contribution in [0.1, 0.15) is 32.0 Å². The highest BCUT2D eigenvalue weighted by Gasteiger charge is 2.58. The number of thioether (sulfide) groups is 1. The molecular weight excluding hydrogens is 562 g/mol. The molecule has 0 bridgehead atoms. The van der Waals surface area contributed by atoms with Gasteiger partial charge in [-0.15, -0.1) is 23.1 Å². The van der Waals surface area contributed by atoms with Crippen LogP contribution in [0, 0.1) is 0 Å². The van der Waals surface area contributed by atoms with Gasteiger partial charge in [0, 0.05) is 11.1 Å². The largest absolute Gasteiger partial charge is 0.459 e. The number of rotatable bonds is 8. The van der Waals surface area contributed by atoms with Crippen LogP contribution in [0.2, 0.25) is 0 Å². The summed E-state index contributed by atoms with van der Waals surface area (Å²) in [5, 5.41) is 20.4. The molecule has 13 nitrogen and oxygen atoms in total. The lowest BCUT2D eigenvalue weighted by Crippen LogP contribution is -2.77. The minimum Gasteiger partial charge on any atom is -0.459 e. The molecule has 0 saturated carbocycles. The van der Waals surface area contributed by atoms with Crippen LogP contribution in [-0.4, -0.2) is 86.6 Å². The number of esters is 1. The molecule has 2 unspecified atom stereocenters. The number of anilines is 1. The number of benzene rings is 1. The van der Waals surface area contributed by atoms with Crippen molar-refractivity contribution in [1.29, 1.82) is 0 Å². The molecule has 4 atom stereocenters. The molecule has 0 radical (unpaired) electrons. The van der Waals surface area contributed by atoms with Gasteiger partial charge in [0.15, 0.2) is 16.9 Å². The van der Waals surface area contributed by atoms with Gasteiger partial charge < -0.3 is 29.6 Å². The van der Waals surface area contributed by atoms with Crippen LogP contribution in [0.25, 0.3) is 0 Å². The van der Waals surface area contributed by atoms with Crippen LogP contribution in [0.4, 0.5) is 9.93 Å². The zero-order valence-electron chi connectivity index (χ0n) is 22.2. The Hall–Kier alpha value is -3.69. The normalized spacial score (nSPS) is 22.5. The Labute approximate surface area is 238 Å². The Morgan fingerprint density at radius 2 is 1.95 bits per heavy atom. The Balaban J connectivity index is 1.40. The van der Waals surface area contributed by atoms with E-state index in [1.54, 1.807) is 32.9 Å². The van der Waals surface area contributed by atoms with Crippen molar-refractivity contribution in [2.75, 3.05) is 18.2 Å². The van der Waals surface area contributed by atoms with Gasteiger partial charge in [-0.25, -0.2) is 14.6 Å². The number of nitrogens with one attached hydrogen (secondary N) is 2. The molecule has 3 amide bonds. The first-order valence-corrected chi connectivity index (χ1v) is 14.1. The highest BCUT2D eigenvalue weighted by atomic mass is 32.2. The van der Waals surface area contributed by atoms with E-state index in [1.807, 2.05) is 18.2 Å². The second kappa shape index (κ2) is 12.2. The first-order valence-electron chi connectivity index (χ1n) is 12.2. The van der Waals surface area contributed by atoms with E-state index in [9.17, 15) is 24.3 Å². The number of aromatic nitrogens is 1. The zero-order valence-corrected chi connectivity index (χ0v) is 23.8. The lowest BCUT2D eigenvalue weighted by Gasteiger charge is -2.53. The molecule has 0 aliphatic carbocycles.